The summed E-state index contributed by atoms with van der Waals surface area (Å²) < 4.78 is 7.21. The van der Waals surface area contributed by atoms with E-state index >= 15 is 0 Å². The number of rotatable bonds is 7. The minimum Gasteiger partial charge on any atom is -0.309 e. The van der Waals surface area contributed by atoms with E-state index in [9.17, 15) is 0 Å². The van der Waals surface area contributed by atoms with Gasteiger partial charge in [0, 0.05) is 60.4 Å². The summed E-state index contributed by atoms with van der Waals surface area (Å²) in [4.78, 5) is 10.8. The Hall–Kier alpha value is -9.32. The zero-order valence-electron chi connectivity index (χ0n) is 37.4. The molecule has 0 unspecified atom stereocenters. The van der Waals surface area contributed by atoms with Crippen molar-refractivity contribution in [3.05, 3.63) is 249 Å². The topological polar surface area (TPSA) is 40.6 Å². The molecule has 14 aromatic rings. The van der Waals surface area contributed by atoms with Gasteiger partial charge in [-0.25, -0.2) is 9.97 Å². The van der Waals surface area contributed by atoms with Gasteiger partial charge in [0.2, 0.25) is 0 Å². The molecular weight excluding hydrogens is 839 g/mol. The third-order valence-electron chi connectivity index (χ3n) is 13.8. The number of benzene rings is 9. The second-order valence-corrected chi connectivity index (χ2v) is 17.8. The molecule has 0 radical (unpaired) electrons. The van der Waals surface area contributed by atoms with E-state index in [0.717, 1.165) is 84.2 Å². The van der Waals surface area contributed by atoms with E-state index in [1.807, 2.05) is 0 Å². The van der Waals surface area contributed by atoms with E-state index in [4.69, 9.17) is 9.97 Å². The Morgan fingerprint density at radius 3 is 1.38 bits per heavy atom. The molecule has 69 heavy (non-hydrogen) atoms. The van der Waals surface area contributed by atoms with Crippen LogP contribution in [0, 0.1) is 0 Å². The van der Waals surface area contributed by atoms with E-state index in [2.05, 4.69) is 262 Å². The molecule has 0 spiro atoms. The third-order valence-corrected chi connectivity index (χ3v) is 13.8. The summed E-state index contributed by atoms with van der Waals surface area (Å²) in [6.07, 6.45) is 0. The Balaban J connectivity index is 0.981. The quantitative estimate of drug-likeness (QED) is 0.160. The van der Waals surface area contributed by atoms with Crippen molar-refractivity contribution in [1.29, 1.82) is 0 Å². The zero-order chi connectivity index (χ0) is 45.4. The Labute approximate surface area is 398 Å². The van der Waals surface area contributed by atoms with Gasteiger partial charge in [0.15, 0.2) is 0 Å². The van der Waals surface area contributed by atoms with Crippen LogP contribution in [-0.4, -0.2) is 23.7 Å². The first-order chi connectivity index (χ1) is 34.2. The lowest BCUT2D eigenvalue weighted by Crippen LogP contribution is -2.01. The maximum Gasteiger partial charge on any atom is 0.138 e. The number of pyridine rings is 2. The van der Waals surface area contributed by atoms with Crippen LogP contribution in [0.3, 0.4) is 0 Å². The summed E-state index contributed by atoms with van der Waals surface area (Å²) in [6, 6.07) is 89.0. The smallest absolute Gasteiger partial charge is 0.138 e. The number of para-hydroxylation sites is 4. The summed E-state index contributed by atoms with van der Waals surface area (Å²) in [5, 5.41) is 7.15. The van der Waals surface area contributed by atoms with Crippen molar-refractivity contribution in [2.45, 2.75) is 0 Å². The zero-order valence-corrected chi connectivity index (χ0v) is 37.4. The average molecular weight is 880 g/mol. The number of hydrogen-bond acceptors (Lipinski definition) is 2. The number of aromatic nitrogens is 5. The first kappa shape index (κ1) is 38.9. The van der Waals surface area contributed by atoms with Crippen LogP contribution in [0.25, 0.3) is 128 Å². The fourth-order valence-corrected chi connectivity index (χ4v) is 10.7. The molecule has 5 nitrogen and oxygen atoms in total. The lowest BCUT2D eigenvalue weighted by molar-refractivity contribution is 1.08. The van der Waals surface area contributed by atoms with Crippen molar-refractivity contribution >= 4 is 65.4 Å². The number of hydrogen-bond donors (Lipinski definition) is 0. The van der Waals surface area contributed by atoms with Gasteiger partial charge in [-0.3, -0.25) is 4.57 Å². The molecule has 0 fully saturated rings. The molecule has 9 aromatic carbocycles. The average Bonchev–Trinajstić information content (AvgIpc) is 4.07. The molecular formula is C64H41N5. The van der Waals surface area contributed by atoms with Gasteiger partial charge < -0.3 is 9.13 Å². The summed E-state index contributed by atoms with van der Waals surface area (Å²) in [5.41, 5.74) is 17.3. The molecule has 0 bridgehead atoms. The van der Waals surface area contributed by atoms with Crippen LogP contribution in [0.15, 0.2) is 249 Å². The van der Waals surface area contributed by atoms with E-state index in [1.165, 1.54) is 43.4 Å². The maximum absolute atomic E-state index is 5.56. The summed E-state index contributed by atoms with van der Waals surface area (Å²) in [6.45, 7) is 0. The van der Waals surface area contributed by atoms with Crippen molar-refractivity contribution in [2.24, 2.45) is 0 Å². The minimum absolute atomic E-state index is 0.863. The predicted molar refractivity (Wildman–Crippen MR) is 287 cm³/mol. The Bertz CT molecular complexity index is 4240. The Morgan fingerprint density at radius 2 is 0.725 bits per heavy atom. The third kappa shape index (κ3) is 6.25. The molecule has 0 aliphatic carbocycles. The Kier molecular flexibility index (Phi) is 8.83. The van der Waals surface area contributed by atoms with Gasteiger partial charge in [-0.1, -0.05) is 170 Å². The van der Waals surface area contributed by atoms with Gasteiger partial charge in [0.1, 0.15) is 5.82 Å². The lowest BCUT2D eigenvalue weighted by Gasteiger charge is -2.14. The molecule has 14 rings (SSSR count). The summed E-state index contributed by atoms with van der Waals surface area (Å²) in [7, 11) is 0. The second-order valence-electron chi connectivity index (χ2n) is 17.8. The van der Waals surface area contributed by atoms with Crippen molar-refractivity contribution in [1.82, 2.24) is 23.7 Å². The standard InChI is InChI=1S/C64H41N5/c1-4-18-42(19-5-1)56-40-46(41-57(65-56)43-20-6-2-7-21-43)44-22-16-25-48(38-44)68-59-31-14-10-26-49(59)52-35-36-53-50-27-11-15-32-60(50)69(64(53)63(52)68)62-33-17-29-55(66-62)45-34-37-61-54(39-45)51-28-12-13-30-58(51)67(61)47-23-8-3-9-24-47/h1-41H. The monoisotopic (exact) mass is 879 g/mol. The van der Waals surface area contributed by atoms with Crippen LogP contribution in [-0.2, 0) is 0 Å². The fourth-order valence-electron chi connectivity index (χ4n) is 10.7. The predicted octanol–water partition coefficient (Wildman–Crippen LogP) is 16.4. The maximum atomic E-state index is 5.56. The van der Waals surface area contributed by atoms with E-state index in [1.54, 1.807) is 0 Å². The molecule has 0 aliphatic heterocycles. The van der Waals surface area contributed by atoms with Crippen LogP contribution < -0.4 is 0 Å². The van der Waals surface area contributed by atoms with E-state index < -0.39 is 0 Å². The van der Waals surface area contributed by atoms with Crippen LogP contribution in [0.1, 0.15) is 0 Å². The SMILES string of the molecule is c1ccc(-c2cc(-c3cccc(-n4c5ccccc5c5ccc6c7ccccc7n(-c7cccc(-c8ccc9c(c8)c8ccccc8n9-c8ccccc8)n7)c6c54)c3)cc(-c3ccccc3)n2)cc1. The molecule has 322 valence electrons. The molecule has 5 heterocycles. The van der Waals surface area contributed by atoms with Crippen LogP contribution >= 0.6 is 0 Å². The van der Waals surface area contributed by atoms with Crippen molar-refractivity contribution < 1.29 is 0 Å². The minimum atomic E-state index is 0.863. The first-order valence-corrected chi connectivity index (χ1v) is 23.5. The number of nitrogens with zero attached hydrogens (tertiary/aromatic N) is 5. The highest BCUT2D eigenvalue weighted by Gasteiger charge is 2.23. The second kappa shape index (κ2) is 15.7. The van der Waals surface area contributed by atoms with Crippen molar-refractivity contribution in [3.8, 4) is 62.1 Å². The molecule has 5 heteroatoms. The number of fused-ring (bicyclic) bond motifs is 10. The van der Waals surface area contributed by atoms with Gasteiger partial charge in [0.25, 0.3) is 0 Å². The van der Waals surface area contributed by atoms with Crippen LogP contribution in [0.2, 0.25) is 0 Å². The molecule has 0 N–H and O–H groups in total. The van der Waals surface area contributed by atoms with Crippen LogP contribution in [0.5, 0.6) is 0 Å². The molecule has 0 saturated carbocycles. The molecule has 0 amide bonds. The van der Waals surface area contributed by atoms with Gasteiger partial charge in [-0.05, 0) is 90.0 Å². The normalized spacial score (nSPS) is 11.8. The first-order valence-electron chi connectivity index (χ1n) is 23.5. The highest BCUT2D eigenvalue weighted by Crippen LogP contribution is 2.43. The molecule has 0 saturated heterocycles. The van der Waals surface area contributed by atoms with Gasteiger partial charge in [0.05, 0.1) is 50.2 Å². The van der Waals surface area contributed by atoms with Crippen molar-refractivity contribution in [3.63, 3.8) is 0 Å². The largest absolute Gasteiger partial charge is 0.309 e. The van der Waals surface area contributed by atoms with Crippen molar-refractivity contribution in [2.75, 3.05) is 0 Å². The fraction of sp³-hybridized carbons (Fsp3) is 0. The molecule has 0 atom stereocenters. The molecule has 0 aliphatic rings. The Morgan fingerprint density at radius 1 is 0.232 bits per heavy atom. The highest BCUT2D eigenvalue weighted by molar-refractivity contribution is 6.24. The summed E-state index contributed by atoms with van der Waals surface area (Å²) >= 11 is 0. The van der Waals surface area contributed by atoms with E-state index in [-0.39, 0.29) is 0 Å². The molecule has 5 aromatic heterocycles. The highest BCUT2D eigenvalue weighted by atomic mass is 15.1. The van der Waals surface area contributed by atoms with Gasteiger partial charge in [-0.2, -0.15) is 0 Å². The van der Waals surface area contributed by atoms with Gasteiger partial charge in [-0.15, -0.1) is 0 Å². The van der Waals surface area contributed by atoms with E-state index in [0.29, 0.717) is 0 Å². The summed E-state index contributed by atoms with van der Waals surface area (Å²) in [5.74, 6) is 0.863. The van der Waals surface area contributed by atoms with Crippen LogP contribution in [0.4, 0.5) is 0 Å². The van der Waals surface area contributed by atoms with Gasteiger partial charge >= 0.3 is 0 Å². The lowest BCUT2D eigenvalue weighted by atomic mass is 9.99.